The van der Waals surface area contributed by atoms with Crippen LogP contribution in [0, 0.1) is 0 Å². The molecule has 1 aliphatic heterocycles. The van der Waals surface area contributed by atoms with E-state index in [1.807, 2.05) is 15.4 Å². The van der Waals surface area contributed by atoms with Crippen molar-refractivity contribution in [2.45, 2.75) is 52.0 Å². The van der Waals surface area contributed by atoms with E-state index in [9.17, 15) is 4.79 Å². The number of aromatic nitrogens is 5. The first kappa shape index (κ1) is 14.4. The number of fused-ring (bicyclic) bond motifs is 1. The molecular weight excluding hydrogens is 294 g/mol. The van der Waals surface area contributed by atoms with E-state index in [2.05, 4.69) is 32.3 Å². The Labute approximate surface area is 134 Å². The maximum atomic E-state index is 12.1. The Morgan fingerprint density at radius 1 is 1.39 bits per heavy atom. The second-order valence-electron chi connectivity index (χ2n) is 6.19. The fourth-order valence-corrected chi connectivity index (χ4v) is 2.93. The lowest BCUT2D eigenvalue weighted by Gasteiger charge is -2.26. The molecule has 4 rings (SSSR count). The van der Waals surface area contributed by atoms with Crippen LogP contribution in [0.3, 0.4) is 0 Å². The summed E-state index contributed by atoms with van der Waals surface area (Å²) in [5, 5.41) is 11.6. The molecule has 1 aliphatic carbocycles. The summed E-state index contributed by atoms with van der Waals surface area (Å²) in [4.78, 5) is 18.8. The van der Waals surface area contributed by atoms with Crippen molar-refractivity contribution < 1.29 is 4.79 Å². The molecule has 0 unspecified atom stereocenters. The molecule has 1 N–H and O–H groups in total. The van der Waals surface area contributed by atoms with Gasteiger partial charge in [0, 0.05) is 25.7 Å². The van der Waals surface area contributed by atoms with E-state index in [1.165, 1.54) is 0 Å². The minimum atomic E-state index is -0.0494. The van der Waals surface area contributed by atoms with Crippen molar-refractivity contribution in [3.05, 3.63) is 29.6 Å². The third kappa shape index (κ3) is 2.98. The highest BCUT2D eigenvalue weighted by Crippen LogP contribution is 2.20. The van der Waals surface area contributed by atoms with E-state index in [0.717, 1.165) is 57.1 Å². The number of carbonyl (C=O) groups excluding carboxylic acids is 1. The van der Waals surface area contributed by atoms with Crippen LogP contribution in [0.4, 0.5) is 0 Å². The van der Waals surface area contributed by atoms with Gasteiger partial charge in [0.25, 0.3) is 5.91 Å². The molecule has 1 saturated carbocycles. The van der Waals surface area contributed by atoms with Gasteiger partial charge in [0.15, 0.2) is 5.69 Å². The lowest BCUT2D eigenvalue weighted by Crippen LogP contribution is -2.34. The van der Waals surface area contributed by atoms with Crippen LogP contribution in [0.15, 0.2) is 12.4 Å². The second kappa shape index (κ2) is 5.77. The molecule has 2 aliphatic rings. The summed E-state index contributed by atoms with van der Waals surface area (Å²) < 4.78 is 3.86. The van der Waals surface area contributed by atoms with Gasteiger partial charge < -0.3 is 5.32 Å². The molecule has 1 amide bonds. The minimum Gasteiger partial charge on any atom is -0.348 e. The zero-order valence-corrected chi connectivity index (χ0v) is 13.3. The van der Waals surface area contributed by atoms with Crippen molar-refractivity contribution in [2.24, 2.45) is 0 Å². The van der Waals surface area contributed by atoms with Gasteiger partial charge in [-0.15, -0.1) is 0 Å². The molecule has 0 bridgehead atoms. The van der Waals surface area contributed by atoms with Crippen molar-refractivity contribution in [1.82, 2.24) is 34.8 Å². The molecular formula is C15H21N7O. The lowest BCUT2D eigenvalue weighted by molar-refractivity contribution is 0.0945. The van der Waals surface area contributed by atoms with Crippen LogP contribution in [0.25, 0.3) is 0 Å². The predicted molar refractivity (Wildman–Crippen MR) is 82.5 cm³/mol. The first-order valence-corrected chi connectivity index (χ1v) is 8.19. The van der Waals surface area contributed by atoms with E-state index >= 15 is 0 Å². The van der Waals surface area contributed by atoms with Crippen LogP contribution in [0.5, 0.6) is 0 Å². The Balaban J connectivity index is 1.44. The highest BCUT2D eigenvalue weighted by Gasteiger charge is 2.26. The van der Waals surface area contributed by atoms with Gasteiger partial charge in [0.2, 0.25) is 0 Å². The summed E-state index contributed by atoms with van der Waals surface area (Å²) in [6, 6.07) is 2.27. The molecule has 0 atom stereocenters. The Morgan fingerprint density at radius 2 is 2.26 bits per heavy atom. The van der Waals surface area contributed by atoms with Gasteiger partial charge in [-0.25, -0.2) is 9.67 Å². The summed E-state index contributed by atoms with van der Waals surface area (Å²) in [7, 11) is 0. The molecule has 3 heterocycles. The highest BCUT2D eigenvalue weighted by atomic mass is 16.2. The quantitative estimate of drug-likeness (QED) is 0.864. The molecule has 0 aromatic carbocycles. The molecule has 0 saturated heterocycles. The standard InChI is InChI=1S/C15H21N7O/c1-2-21-14(16-10-17-21)9-20-5-6-22-12(8-20)7-13(19-22)15(23)18-11-3-4-11/h7,10-11H,2-6,8-9H2,1H3,(H,18,23). The summed E-state index contributed by atoms with van der Waals surface area (Å²) in [6.07, 6.45) is 3.78. The fraction of sp³-hybridized carbons (Fsp3) is 0.600. The zero-order chi connectivity index (χ0) is 15.8. The van der Waals surface area contributed by atoms with Gasteiger partial charge in [-0.1, -0.05) is 0 Å². The molecule has 0 spiro atoms. The first-order valence-electron chi connectivity index (χ1n) is 8.19. The van der Waals surface area contributed by atoms with Crippen molar-refractivity contribution >= 4 is 5.91 Å². The summed E-state index contributed by atoms with van der Waals surface area (Å²) in [5.74, 6) is 0.929. The molecule has 0 radical (unpaired) electrons. The van der Waals surface area contributed by atoms with Crippen LogP contribution in [0.1, 0.15) is 41.8 Å². The van der Waals surface area contributed by atoms with Crippen LogP contribution in [-0.2, 0) is 26.2 Å². The topological polar surface area (TPSA) is 80.9 Å². The van der Waals surface area contributed by atoms with Crippen LogP contribution >= 0.6 is 0 Å². The molecule has 2 aromatic rings. The summed E-state index contributed by atoms with van der Waals surface area (Å²) in [6.45, 7) is 6.13. The third-order valence-electron chi connectivity index (χ3n) is 4.38. The number of nitrogens with zero attached hydrogens (tertiary/aromatic N) is 6. The van der Waals surface area contributed by atoms with Gasteiger partial charge in [0.1, 0.15) is 12.2 Å². The number of hydrogen-bond donors (Lipinski definition) is 1. The lowest BCUT2D eigenvalue weighted by atomic mass is 10.2. The molecule has 2 aromatic heterocycles. The van der Waals surface area contributed by atoms with Gasteiger partial charge in [-0.3, -0.25) is 14.4 Å². The fourth-order valence-electron chi connectivity index (χ4n) is 2.93. The van der Waals surface area contributed by atoms with Gasteiger partial charge in [-0.2, -0.15) is 10.2 Å². The second-order valence-corrected chi connectivity index (χ2v) is 6.19. The number of aryl methyl sites for hydroxylation is 1. The van der Waals surface area contributed by atoms with E-state index in [4.69, 9.17) is 0 Å². The molecule has 8 nitrogen and oxygen atoms in total. The van der Waals surface area contributed by atoms with Crippen molar-refractivity contribution in [1.29, 1.82) is 0 Å². The maximum Gasteiger partial charge on any atom is 0.272 e. The zero-order valence-electron chi connectivity index (χ0n) is 13.3. The monoisotopic (exact) mass is 315 g/mol. The molecule has 122 valence electrons. The van der Waals surface area contributed by atoms with Crippen LogP contribution in [0.2, 0.25) is 0 Å². The number of hydrogen-bond acceptors (Lipinski definition) is 5. The first-order chi connectivity index (χ1) is 11.2. The molecule has 23 heavy (non-hydrogen) atoms. The Bertz CT molecular complexity index is 715. The molecule has 1 fully saturated rings. The van der Waals surface area contributed by atoms with E-state index in [-0.39, 0.29) is 5.91 Å². The minimum absolute atomic E-state index is 0.0494. The number of carbonyl (C=O) groups is 1. The van der Waals surface area contributed by atoms with Gasteiger partial charge in [0.05, 0.1) is 18.8 Å². The average molecular weight is 315 g/mol. The summed E-state index contributed by atoms with van der Waals surface area (Å²) >= 11 is 0. The SMILES string of the molecule is CCn1ncnc1CN1CCn2nc(C(=O)NC3CC3)cc2C1. The predicted octanol–water partition coefficient (Wildman–Crippen LogP) is 0.402. The van der Waals surface area contributed by atoms with E-state index < -0.39 is 0 Å². The van der Waals surface area contributed by atoms with Crippen molar-refractivity contribution in [3.63, 3.8) is 0 Å². The Kier molecular flexibility index (Phi) is 3.60. The Hall–Kier alpha value is -2.22. The Morgan fingerprint density at radius 3 is 3.04 bits per heavy atom. The van der Waals surface area contributed by atoms with Crippen molar-refractivity contribution in [3.8, 4) is 0 Å². The third-order valence-corrected chi connectivity index (χ3v) is 4.38. The number of nitrogens with one attached hydrogen (secondary N) is 1. The van der Waals surface area contributed by atoms with E-state index in [0.29, 0.717) is 11.7 Å². The van der Waals surface area contributed by atoms with Crippen LogP contribution in [-0.4, -0.2) is 47.9 Å². The van der Waals surface area contributed by atoms with E-state index in [1.54, 1.807) is 6.33 Å². The average Bonchev–Trinajstić information content (AvgIpc) is 3.10. The summed E-state index contributed by atoms with van der Waals surface area (Å²) in [5.41, 5.74) is 1.62. The normalized spacial score (nSPS) is 18.0. The number of rotatable bonds is 5. The highest BCUT2D eigenvalue weighted by molar-refractivity contribution is 5.92. The van der Waals surface area contributed by atoms with Crippen LogP contribution < -0.4 is 5.32 Å². The number of amides is 1. The molecule has 8 heteroatoms. The largest absolute Gasteiger partial charge is 0.348 e. The van der Waals surface area contributed by atoms with Gasteiger partial charge >= 0.3 is 0 Å². The smallest absolute Gasteiger partial charge is 0.272 e. The maximum absolute atomic E-state index is 12.1. The van der Waals surface area contributed by atoms with Crippen molar-refractivity contribution in [2.75, 3.05) is 6.54 Å². The van der Waals surface area contributed by atoms with Gasteiger partial charge in [-0.05, 0) is 25.8 Å².